The Balaban J connectivity index is 1.63. The van der Waals surface area contributed by atoms with Crippen molar-refractivity contribution in [2.24, 2.45) is 16.3 Å². The monoisotopic (exact) mass is 415 g/mol. The molecule has 2 fully saturated rings. The molecule has 1 aromatic rings. The largest absolute Gasteiger partial charge is 0.396 e. The summed E-state index contributed by atoms with van der Waals surface area (Å²) in [5.41, 5.74) is 2.73. The van der Waals surface area contributed by atoms with Gasteiger partial charge in [0, 0.05) is 38.8 Å². The smallest absolute Gasteiger partial charge is 0.191 e. The van der Waals surface area contributed by atoms with Gasteiger partial charge in [0.1, 0.15) is 0 Å². The van der Waals surface area contributed by atoms with Gasteiger partial charge in [-0.3, -0.25) is 4.99 Å². The summed E-state index contributed by atoms with van der Waals surface area (Å²) in [5.74, 6) is 1.33. The minimum atomic E-state index is 0.147. The van der Waals surface area contributed by atoms with Crippen LogP contribution in [-0.2, 0) is 4.74 Å². The zero-order valence-electron chi connectivity index (χ0n) is 19.0. The number of aryl methyl sites for hydroxylation is 1. The van der Waals surface area contributed by atoms with E-state index in [1.807, 2.05) is 0 Å². The molecule has 2 unspecified atom stereocenters. The first-order valence-corrected chi connectivity index (χ1v) is 12.0. The minimum absolute atomic E-state index is 0.147. The fraction of sp³-hybridized carbons (Fsp3) is 0.720. The first-order valence-electron chi connectivity index (χ1n) is 12.0. The maximum Gasteiger partial charge on any atom is 0.191 e. The van der Waals surface area contributed by atoms with E-state index in [1.165, 1.54) is 49.7 Å². The van der Waals surface area contributed by atoms with E-state index >= 15 is 0 Å². The maximum atomic E-state index is 9.59. The molecule has 0 amide bonds. The Labute approximate surface area is 182 Å². The lowest BCUT2D eigenvalue weighted by Gasteiger charge is -2.36. The Morgan fingerprint density at radius 1 is 1.13 bits per heavy atom. The van der Waals surface area contributed by atoms with Gasteiger partial charge >= 0.3 is 0 Å². The van der Waals surface area contributed by atoms with Crippen LogP contribution in [0.25, 0.3) is 0 Å². The molecule has 5 nitrogen and oxygen atoms in total. The lowest BCUT2D eigenvalue weighted by Crippen LogP contribution is -2.43. The van der Waals surface area contributed by atoms with Crippen molar-refractivity contribution in [1.29, 1.82) is 0 Å². The molecule has 0 spiro atoms. The van der Waals surface area contributed by atoms with Crippen LogP contribution >= 0.6 is 0 Å². The number of rotatable bonds is 8. The summed E-state index contributed by atoms with van der Waals surface area (Å²) >= 11 is 0. The van der Waals surface area contributed by atoms with E-state index in [-0.39, 0.29) is 18.1 Å². The number of nitrogens with one attached hydrogen (secondary N) is 2. The molecule has 2 aliphatic rings. The summed E-state index contributed by atoms with van der Waals surface area (Å²) in [4.78, 5) is 4.96. The van der Waals surface area contributed by atoms with Crippen LogP contribution in [-0.4, -0.2) is 43.9 Å². The van der Waals surface area contributed by atoms with Gasteiger partial charge in [0.25, 0.3) is 0 Å². The van der Waals surface area contributed by atoms with E-state index in [0.717, 1.165) is 45.0 Å². The zero-order valence-corrected chi connectivity index (χ0v) is 19.0. The van der Waals surface area contributed by atoms with Crippen LogP contribution in [0.3, 0.4) is 0 Å². The number of benzene rings is 1. The predicted octanol–water partition coefficient (Wildman–Crippen LogP) is 4.35. The molecular weight excluding hydrogens is 374 g/mol. The van der Waals surface area contributed by atoms with Crippen molar-refractivity contribution in [3.63, 3.8) is 0 Å². The number of aliphatic imine (C=N–C) groups is 1. The molecule has 1 saturated carbocycles. The van der Waals surface area contributed by atoms with E-state index < -0.39 is 0 Å². The molecule has 2 atom stereocenters. The molecule has 3 N–H and O–H groups in total. The highest BCUT2D eigenvalue weighted by molar-refractivity contribution is 5.79. The Kier molecular flexibility index (Phi) is 9.01. The first-order chi connectivity index (χ1) is 14.7. The third-order valence-electron chi connectivity index (χ3n) is 6.86. The summed E-state index contributed by atoms with van der Waals surface area (Å²) in [6, 6.07) is 8.76. The summed E-state index contributed by atoms with van der Waals surface area (Å²) in [7, 11) is 0. The molecule has 0 radical (unpaired) electrons. The molecule has 0 aromatic heterocycles. The standard InChI is InChI=1S/C25H41N3O2/c1-3-26-24(28-19-25(15-16-29)13-5-4-6-14-25)27-18-22-8-7-17-30-23(22)21-11-9-20(2)10-12-21/h9-12,22-23,29H,3-8,13-19H2,1-2H3,(H2,26,27,28). The lowest BCUT2D eigenvalue weighted by molar-refractivity contribution is -0.0265. The van der Waals surface area contributed by atoms with Crippen molar-refractivity contribution in [2.75, 3.05) is 32.8 Å². The predicted molar refractivity (Wildman–Crippen MR) is 124 cm³/mol. The molecule has 1 aliphatic carbocycles. The van der Waals surface area contributed by atoms with Crippen molar-refractivity contribution in [3.8, 4) is 0 Å². The number of aliphatic hydroxyl groups is 1. The lowest BCUT2D eigenvalue weighted by atomic mass is 9.72. The van der Waals surface area contributed by atoms with Gasteiger partial charge in [0.2, 0.25) is 0 Å². The van der Waals surface area contributed by atoms with Crippen molar-refractivity contribution in [1.82, 2.24) is 10.6 Å². The Morgan fingerprint density at radius 3 is 2.60 bits per heavy atom. The van der Waals surface area contributed by atoms with Crippen molar-refractivity contribution < 1.29 is 9.84 Å². The number of hydrogen-bond donors (Lipinski definition) is 3. The highest BCUT2D eigenvalue weighted by Crippen LogP contribution is 2.39. The molecule has 0 bridgehead atoms. The highest BCUT2D eigenvalue weighted by atomic mass is 16.5. The number of hydrogen-bond acceptors (Lipinski definition) is 3. The summed E-state index contributed by atoms with van der Waals surface area (Å²) in [5, 5.41) is 16.6. The van der Waals surface area contributed by atoms with E-state index in [2.05, 4.69) is 48.7 Å². The van der Waals surface area contributed by atoms with Crippen molar-refractivity contribution in [2.45, 2.75) is 71.3 Å². The highest BCUT2D eigenvalue weighted by Gasteiger charge is 2.32. The van der Waals surface area contributed by atoms with Crippen LogP contribution in [0.4, 0.5) is 0 Å². The molecule has 1 aliphatic heterocycles. The number of ether oxygens (including phenoxy) is 1. The summed E-state index contributed by atoms with van der Waals surface area (Å²) in [6.07, 6.45) is 9.49. The molecule has 3 rings (SSSR count). The second-order valence-electron chi connectivity index (χ2n) is 9.21. The maximum absolute atomic E-state index is 9.59. The quantitative estimate of drug-likeness (QED) is 0.436. The van der Waals surface area contributed by atoms with Crippen molar-refractivity contribution in [3.05, 3.63) is 35.4 Å². The molecular formula is C25H41N3O2. The average Bonchev–Trinajstić information content (AvgIpc) is 2.77. The zero-order chi connectivity index (χ0) is 21.2. The van der Waals surface area contributed by atoms with E-state index in [9.17, 15) is 5.11 Å². The normalized spacial score (nSPS) is 24.4. The van der Waals surface area contributed by atoms with Gasteiger partial charge in [0.05, 0.1) is 6.10 Å². The topological polar surface area (TPSA) is 65.9 Å². The first kappa shape index (κ1) is 23.1. The van der Waals surface area contributed by atoms with Crippen molar-refractivity contribution >= 4 is 5.96 Å². The molecule has 5 heteroatoms. The number of aliphatic hydroxyl groups excluding tert-OH is 1. The molecule has 1 heterocycles. The number of guanidine groups is 1. The fourth-order valence-corrected chi connectivity index (χ4v) is 5.02. The van der Waals surface area contributed by atoms with E-state index in [4.69, 9.17) is 9.73 Å². The molecule has 1 aromatic carbocycles. The van der Waals surface area contributed by atoms with Crippen LogP contribution in [0.2, 0.25) is 0 Å². The van der Waals surface area contributed by atoms with Gasteiger partial charge in [-0.1, -0.05) is 49.1 Å². The fourth-order valence-electron chi connectivity index (χ4n) is 5.02. The van der Waals surface area contributed by atoms with Gasteiger partial charge in [-0.15, -0.1) is 0 Å². The average molecular weight is 416 g/mol. The van der Waals surface area contributed by atoms with Crippen LogP contribution in [0.5, 0.6) is 0 Å². The van der Waals surface area contributed by atoms with Gasteiger partial charge < -0.3 is 20.5 Å². The van der Waals surface area contributed by atoms with Crippen LogP contribution in [0, 0.1) is 18.3 Å². The van der Waals surface area contributed by atoms with E-state index in [1.54, 1.807) is 0 Å². The van der Waals surface area contributed by atoms with Crippen LogP contribution in [0.15, 0.2) is 29.3 Å². The second kappa shape index (κ2) is 11.7. The van der Waals surface area contributed by atoms with Crippen LogP contribution in [0.1, 0.15) is 75.5 Å². The van der Waals surface area contributed by atoms with Gasteiger partial charge in [-0.2, -0.15) is 0 Å². The minimum Gasteiger partial charge on any atom is -0.396 e. The SMILES string of the molecule is CCNC(=NCC1(CCO)CCCCC1)NCC1CCCOC1c1ccc(C)cc1. The molecule has 30 heavy (non-hydrogen) atoms. The van der Waals surface area contributed by atoms with E-state index in [0.29, 0.717) is 5.92 Å². The van der Waals surface area contributed by atoms with Gasteiger partial charge in [-0.25, -0.2) is 0 Å². The molecule has 168 valence electrons. The van der Waals surface area contributed by atoms with Crippen LogP contribution < -0.4 is 10.6 Å². The third kappa shape index (κ3) is 6.45. The molecule has 1 saturated heterocycles. The summed E-state index contributed by atoms with van der Waals surface area (Å²) in [6.45, 7) is 7.84. The van der Waals surface area contributed by atoms with Gasteiger partial charge in [-0.05, 0) is 56.9 Å². The Bertz CT molecular complexity index is 647. The summed E-state index contributed by atoms with van der Waals surface area (Å²) < 4.78 is 6.18. The Morgan fingerprint density at radius 2 is 1.90 bits per heavy atom. The second-order valence-corrected chi connectivity index (χ2v) is 9.21. The van der Waals surface area contributed by atoms with Gasteiger partial charge in [0.15, 0.2) is 5.96 Å². The Hall–Kier alpha value is -1.59. The number of nitrogens with zero attached hydrogens (tertiary/aromatic N) is 1. The third-order valence-corrected chi connectivity index (χ3v) is 6.86.